The van der Waals surface area contributed by atoms with Crippen molar-refractivity contribution in [2.45, 2.75) is 64.9 Å². The van der Waals surface area contributed by atoms with Crippen LogP contribution in [0, 0.1) is 0 Å². The summed E-state index contributed by atoms with van der Waals surface area (Å²) in [6.45, 7) is 15.5. The van der Waals surface area contributed by atoms with Crippen LogP contribution < -0.4 is 4.74 Å². The normalized spacial score (nSPS) is 18.0. The molecular formula is C24H27N3O. The number of fused-ring (bicyclic) bond motifs is 6. The second kappa shape index (κ2) is 5.05. The number of aromatic nitrogens is 3. The standard InChI is InChI=1S/C24H27N3O/c1-22(2,3)21-26-16-11-9-8-10-14(16)20-25-17-13-19-15(12-18(17)27(20)21)23(4,5)24(6,7)28-19/h8-13H,1-7H3. The predicted octanol–water partition coefficient (Wildman–Crippen LogP) is 5.78. The lowest BCUT2D eigenvalue weighted by atomic mass is 9.74. The highest BCUT2D eigenvalue weighted by Crippen LogP contribution is 2.50. The molecule has 0 radical (unpaired) electrons. The van der Waals surface area contributed by atoms with Gasteiger partial charge in [0, 0.05) is 27.8 Å². The molecule has 0 spiro atoms. The van der Waals surface area contributed by atoms with E-state index in [9.17, 15) is 0 Å². The summed E-state index contributed by atoms with van der Waals surface area (Å²) in [7, 11) is 0. The first-order valence-electron chi connectivity index (χ1n) is 9.96. The van der Waals surface area contributed by atoms with Gasteiger partial charge in [0.2, 0.25) is 0 Å². The SMILES string of the molecule is CC(C)(C)c1nc2ccccc2c2nc3cc4c(cc3n12)C(C)(C)C(C)(C)O4. The molecule has 1 aliphatic rings. The molecule has 0 aliphatic carbocycles. The van der Waals surface area contributed by atoms with Gasteiger partial charge in [-0.3, -0.25) is 4.40 Å². The molecule has 4 aromatic rings. The maximum Gasteiger partial charge on any atom is 0.148 e. The van der Waals surface area contributed by atoms with Crippen molar-refractivity contribution in [1.29, 1.82) is 0 Å². The fourth-order valence-electron chi connectivity index (χ4n) is 4.23. The molecule has 4 nitrogen and oxygen atoms in total. The summed E-state index contributed by atoms with van der Waals surface area (Å²) < 4.78 is 8.58. The molecule has 0 saturated heterocycles. The smallest absolute Gasteiger partial charge is 0.148 e. The Labute approximate surface area is 165 Å². The monoisotopic (exact) mass is 373 g/mol. The summed E-state index contributed by atoms with van der Waals surface area (Å²) in [5.74, 6) is 1.97. The molecule has 0 bridgehead atoms. The summed E-state index contributed by atoms with van der Waals surface area (Å²) in [6, 6.07) is 12.6. The molecule has 2 aromatic heterocycles. The van der Waals surface area contributed by atoms with Gasteiger partial charge in [0.15, 0.2) is 0 Å². The zero-order chi connectivity index (χ0) is 20.1. The van der Waals surface area contributed by atoms with E-state index in [1.54, 1.807) is 0 Å². The largest absolute Gasteiger partial charge is 0.487 e. The number of benzene rings is 2. The molecule has 5 rings (SSSR count). The van der Waals surface area contributed by atoms with Crippen molar-refractivity contribution in [2.24, 2.45) is 0 Å². The number of para-hydroxylation sites is 1. The first-order chi connectivity index (χ1) is 13.0. The lowest BCUT2D eigenvalue weighted by Gasteiger charge is -2.33. The Morgan fingerprint density at radius 1 is 0.929 bits per heavy atom. The van der Waals surface area contributed by atoms with Crippen molar-refractivity contribution in [3.8, 4) is 5.75 Å². The van der Waals surface area contributed by atoms with Gasteiger partial charge in [0.25, 0.3) is 0 Å². The van der Waals surface area contributed by atoms with Gasteiger partial charge >= 0.3 is 0 Å². The molecule has 28 heavy (non-hydrogen) atoms. The fourth-order valence-corrected chi connectivity index (χ4v) is 4.23. The van der Waals surface area contributed by atoms with Gasteiger partial charge < -0.3 is 4.74 Å². The number of hydrogen-bond donors (Lipinski definition) is 0. The van der Waals surface area contributed by atoms with E-state index < -0.39 is 0 Å². The van der Waals surface area contributed by atoms with Gasteiger partial charge in [-0.05, 0) is 32.0 Å². The van der Waals surface area contributed by atoms with Gasteiger partial charge in [-0.15, -0.1) is 0 Å². The van der Waals surface area contributed by atoms with Crippen molar-refractivity contribution in [3.05, 3.63) is 47.8 Å². The molecule has 0 atom stereocenters. The van der Waals surface area contributed by atoms with Crippen molar-refractivity contribution >= 4 is 27.6 Å². The van der Waals surface area contributed by atoms with E-state index in [2.05, 4.69) is 83.2 Å². The Hall–Kier alpha value is -2.62. The van der Waals surface area contributed by atoms with Gasteiger partial charge in [-0.25, -0.2) is 9.97 Å². The summed E-state index contributed by atoms with van der Waals surface area (Å²) in [5, 5.41) is 1.08. The van der Waals surface area contributed by atoms with E-state index in [1.807, 2.05) is 6.07 Å². The number of ether oxygens (including phenoxy) is 1. The minimum atomic E-state index is -0.258. The van der Waals surface area contributed by atoms with E-state index in [1.165, 1.54) is 5.56 Å². The summed E-state index contributed by atoms with van der Waals surface area (Å²) >= 11 is 0. The van der Waals surface area contributed by atoms with E-state index in [4.69, 9.17) is 14.7 Å². The molecular weight excluding hydrogens is 346 g/mol. The third-order valence-corrected chi connectivity index (χ3v) is 6.55. The van der Waals surface area contributed by atoms with Crippen LogP contribution in [0.15, 0.2) is 36.4 Å². The maximum atomic E-state index is 6.33. The van der Waals surface area contributed by atoms with Crippen LogP contribution in [-0.2, 0) is 10.8 Å². The van der Waals surface area contributed by atoms with E-state index in [0.717, 1.165) is 39.2 Å². The number of hydrogen-bond acceptors (Lipinski definition) is 3. The first kappa shape index (κ1) is 17.5. The van der Waals surface area contributed by atoms with Gasteiger partial charge in [-0.1, -0.05) is 46.8 Å². The van der Waals surface area contributed by atoms with E-state index in [0.29, 0.717) is 0 Å². The average Bonchev–Trinajstić information content (AvgIpc) is 3.04. The molecule has 0 N–H and O–H groups in total. The van der Waals surface area contributed by atoms with E-state index in [-0.39, 0.29) is 16.4 Å². The summed E-state index contributed by atoms with van der Waals surface area (Å²) in [6.07, 6.45) is 0. The fraction of sp³-hybridized carbons (Fsp3) is 0.417. The van der Waals surface area contributed by atoms with Crippen LogP contribution >= 0.6 is 0 Å². The molecule has 0 amide bonds. The average molecular weight is 374 g/mol. The Morgan fingerprint density at radius 3 is 2.36 bits per heavy atom. The highest BCUT2D eigenvalue weighted by Gasteiger charge is 2.48. The minimum absolute atomic E-state index is 0.0904. The highest BCUT2D eigenvalue weighted by molar-refractivity contribution is 5.97. The second-order valence-electron chi connectivity index (χ2n) is 10.0. The predicted molar refractivity (Wildman–Crippen MR) is 114 cm³/mol. The Morgan fingerprint density at radius 2 is 1.64 bits per heavy atom. The lowest BCUT2D eigenvalue weighted by Crippen LogP contribution is -2.41. The molecule has 0 unspecified atom stereocenters. The van der Waals surface area contributed by atoms with Crippen LogP contribution in [0.3, 0.4) is 0 Å². The maximum absolute atomic E-state index is 6.33. The molecule has 1 aliphatic heterocycles. The Bertz CT molecular complexity index is 1270. The number of nitrogens with zero attached hydrogens (tertiary/aromatic N) is 3. The second-order valence-corrected chi connectivity index (χ2v) is 10.0. The third-order valence-electron chi connectivity index (χ3n) is 6.55. The Balaban J connectivity index is 1.97. The van der Waals surface area contributed by atoms with Crippen LogP contribution in [0.1, 0.15) is 59.9 Å². The first-order valence-corrected chi connectivity index (χ1v) is 9.96. The molecule has 0 fully saturated rings. The van der Waals surface area contributed by atoms with Crippen LogP contribution in [0.5, 0.6) is 5.75 Å². The van der Waals surface area contributed by atoms with Gasteiger partial charge in [0.1, 0.15) is 22.8 Å². The van der Waals surface area contributed by atoms with Crippen molar-refractivity contribution in [2.75, 3.05) is 0 Å². The third kappa shape index (κ3) is 2.12. The quantitative estimate of drug-likeness (QED) is 0.392. The van der Waals surface area contributed by atoms with Gasteiger partial charge in [-0.2, -0.15) is 0 Å². The molecule has 3 heterocycles. The Kier molecular flexibility index (Phi) is 3.15. The summed E-state index contributed by atoms with van der Waals surface area (Å²) in [4.78, 5) is 10.1. The zero-order valence-electron chi connectivity index (χ0n) is 17.7. The highest BCUT2D eigenvalue weighted by atomic mass is 16.5. The molecule has 2 aromatic carbocycles. The van der Waals surface area contributed by atoms with Crippen LogP contribution in [0.2, 0.25) is 0 Å². The number of imidazole rings is 1. The molecule has 0 saturated carbocycles. The zero-order valence-corrected chi connectivity index (χ0v) is 17.7. The molecule has 144 valence electrons. The topological polar surface area (TPSA) is 39.4 Å². The van der Waals surface area contributed by atoms with Crippen LogP contribution in [0.4, 0.5) is 0 Å². The van der Waals surface area contributed by atoms with Crippen molar-refractivity contribution < 1.29 is 4.74 Å². The molecule has 4 heteroatoms. The minimum Gasteiger partial charge on any atom is -0.487 e. The van der Waals surface area contributed by atoms with Gasteiger partial charge in [0.05, 0.1) is 16.6 Å². The summed E-state index contributed by atoms with van der Waals surface area (Å²) in [5.41, 5.74) is 4.79. The number of rotatable bonds is 0. The lowest BCUT2D eigenvalue weighted by molar-refractivity contribution is 0.0713. The van der Waals surface area contributed by atoms with Crippen LogP contribution in [-0.4, -0.2) is 20.0 Å². The van der Waals surface area contributed by atoms with Crippen molar-refractivity contribution in [1.82, 2.24) is 14.4 Å². The van der Waals surface area contributed by atoms with Crippen LogP contribution in [0.25, 0.3) is 27.6 Å². The van der Waals surface area contributed by atoms with Crippen molar-refractivity contribution in [3.63, 3.8) is 0 Å². The van der Waals surface area contributed by atoms with E-state index >= 15 is 0 Å².